The predicted molar refractivity (Wildman–Crippen MR) is 128 cm³/mol. The van der Waals surface area contributed by atoms with E-state index in [1.54, 1.807) is 18.6 Å². The molecular weight excluding hydrogens is 414 g/mol. The smallest absolute Gasteiger partial charge is 0.314 e. The minimum atomic E-state index is -0.633. The van der Waals surface area contributed by atoms with Crippen molar-refractivity contribution in [2.75, 3.05) is 0 Å². The van der Waals surface area contributed by atoms with Gasteiger partial charge < -0.3 is 9.94 Å². The van der Waals surface area contributed by atoms with Gasteiger partial charge in [0.15, 0.2) is 0 Å². The third kappa shape index (κ3) is 4.50. The van der Waals surface area contributed by atoms with Gasteiger partial charge in [-0.2, -0.15) is 5.06 Å². The lowest BCUT2D eigenvalue weighted by Gasteiger charge is -2.51. The number of esters is 1. The Morgan fingerprint density at radius 1 is 1.06 bits per heavy atom. The molecule has 0 bridgehead atoms. The SMILES string of the molecule is CC1(C)CC(OC(=O)C(c2ccccc2)C2(c3ccncc3)C=CN=CC2)CC(C)(C)N1O. The summed E-state index contributed by atoms with van der Waals surface area (Å²) >= 11 is 0. The molecule has 2 aliphatic heterocycles. The van der Waals surface area contributed by atoms with Crippen molar-refractivity contribution in [3.63, 3.8) is 0 Å². The van der Waals surface area contributed by atoms with Crippen LogP contribution in [0.5, 0.6) is 0 Å². The highest BCUT2D eigenvalue weighted by Gasteiger charge is 2.49. The lowest BCUT2D eigenvalue weighted by atomic mass is 9.65. The zero-order valence-corrected chi connectivity index (χ0v) is 19.8. The molecule has 0 amide bonds. The maximum absolute atomic E-state index is 14.0. The van der Waals surface area contributed by atoms with Crippen LogP contribution in [0.1, 0.15) is 64.0 Å². The molecule has 174 valence electrons. The molecule has 0 aliphatic carbocycles. The summed E-state index contributed by atoms with van der Waals surface area (Å²) in [4.78, 5) is 22.5. The van der Waals surface area contributed by atoms with E-state index in [1.807, 2.05) is 82.5 Å². The fourth-order valence-corrected chi connectivity index (χ4v) is 5.55. The van der Waals surface area contributed by atoms with E-state index >= 15 is 0 Å². The summed E-state index contributed by atoms with van der Waals surface area (Å²) in [5.74, 6) is -0.816. The van der Waals surface area contributed by atoms with Crippen LogP contribution in [0.2, 0.25) is 0 Å². The quantitative estimate of drug-likeness (QED) is 0.650. The number of carbonyl (C=O) groups excluding carboxylic acids is 1. The number of ether oxygens (including phenoxy) is 1. The van der Waals surface area contributed by atoms with E-state index in [9.17, 15) is 10.0 Å². The second-order valence-electron chi connectivity index (χ2n) is 10.4. The van der Waals surface area contributed by atoms with Gasteiger partial charge in [0, 0.05) is 54.1 Å². The zero-order chi connectivity index (χ0) is 23.7. The molecule has 1 saturated heterocycles. The number of benzene rings is 1. The zero-order valence-electron chi connectivity index (χ0n) is 19.8. The third-order valence-corrected chi connectivity index (χ3v) is 6.98. The molecule has 1 N–H and O–H groups in total. The van der Waals surface area contributed by atoms with Crippen LogP contribution in [-0.2, 0) is 14.9 Å². The lowest BCUT2D eigenvalue weighted by molar-refractivity contribution is -0.259. The van der Waals surface area contributed by atoms with E-state index in [4.69, 9.17) is 4.74 Å². The molecule has 1 fully saturated rings. The van der Waals surface area contributed by atoms with Crippen LogP contribution in [0.3, 0.4) is 0 Å². The first-order valence-electron chi connectivity index (χ1n) is 11.5. The van der Waals surface area contributed by atoms with Crippen LogP contribution < -0.4 is 0 Å². The summed E-state index contributed by atoms with van der Waals surface area (Å²) < 4.78 is 6.26. The third-order valence-electron chi connectivity index (χ3n) is 6.98. The summed E-state index contributed by atoms with van der Waals surface area (Å²) in [6, 6.07) is 13.7. The Morgan fingerprint density at radius 3 is 2.27 bits per heavy atom. The molecule has 0 saturated carbocycles. The average Bonchev–Trinajstić information content (AvgIpc) is 2.79. The molecule has 2 aromatic rings. The van der Waals surface area contributed by atoms with Crippen molar-refractivity contribution in [1.82, 2.24) is 10.0 Å². The van der Waals surface area contributed by atoms with E-state index < -0.39 is 22.4 Å². The second kappa shape index (κ2) is 8.84. The van der Waals surface area contributed by atoms with Crippen LogP contribution in [0.25, 0.3) is 0 Å². The topological polar surface area (TPSA) is 75.0 Å². The molecule has 0 radical (unpaired) electrons. The van der Waals surface area contributed by atoms with Crippen LogP contribution in [-0.4, -0.2) is 44.6 Å². The van der Waals surface area contributed by atoms with Gasteiger partial charge in [0.05, 0.1) is 5.92 Å². The van der Waals surface area contributed by atoms with Crippen molar-refractivity contribution in [1.29, 1.82) is 0 Å². The molecule has 6 nitrogen and oxygen atoms in total. The molecule has 6 heteroatoms. The maximum Gasteiger partial charge on any atom is 0.314 e. The number of piperidine rings is 1. The molecule has 1 aromatic carbocycles. The highest BCUT2D eigenvalue weighted by molar-refractivity contribution is 5.83. The van der Waals surface area contributed by atoms with Crippen molar-refractivity contribution in [2.24, 2.45) is 4.99 Å². The molecule has 0 spiro atoms. The van der Waals surface area contributed by atoms with E-state index in [1.165, 1.54) is 5.06 Å². The van der Waals surface area contributed by atoms with E-state index in [-0.39, 0.29) is 12.1 Å². The van der Waals surface area contributed by atoms with E-state index in [0.29, 0.717) is 19.3 Å². The number of aliphatic imine (C=N–C) groups is 1. The van der Waals surface area contributed by atoms with Crippen LogP contribution >= 0.6 is 0 Å². The maximum atomic E-state index is 14.0. The number of hydrogen-bond donors (Lipinski definition) is 1. The number of hydrogen-bond acceptors (Lipinski definition) is 6. The molecule has 1 aromatic heterocycles. The molecule has 3 heterocycles. The van der Waals surface area contributed by atoms with Crippen LogP contribution in [0.4, 0.5) is 0 Å². The van der Waals surface area contributed by atoms with E-state index in [2.05, 4.69) is 9.98 Å². The van der Waals surface area contributed by atoms with E-state index in [0.717, 1.165) is 11.1 Å². The first kappa shape index (κ1) is 23.3. The Labute approximate surface area is 196 Å². The molecule has 4 rings (SSSR count). The van der Waals surface area contributed by atoms with Crippen LogP contribution in [0, 0.1) is 0 Å². The molecule has 2 unspecified atom stereocenters. The molecule has 33 heavy (non-hydrogen) atoms. The van der Waals surface area contributed by atoms with Crippen molar-refractivity contribution < 1.29 is 14.7 Å². The molecular formula is C27H33N3O3. The minimum absolute atomic E-state index is 0.263. The van der Waals surface area contributed by atoms with Gasteiger partial charge in [0.25, 0.3) is 0 Å². The van der Waals surface area contributed by atoms with Crippen molar-refractivity contribution >= 4 is 12.2 Å². The van der Waals surface area contributed by atoms with Gasteiger partial charge in [-0.1, -0.05) is 36.4 Å². The number of carbonyl (C=O) groups is 1. The Bertz CT molecular complexity index is 1020. The second-order valence-corrected chi connectivity index (χ2v) is 10.4. The van der Waals surface area contributed by atoms with Gasteiger partial charge in [-0.25, -0.2) is 0 Å². The normalized spacial score (nSPS) is 25.5. The Morgan fingerprint density at radius 2 is 1.70 bits per heavy atom. The minimum Gasteiger partial charge on any atom is -0.462 e. The number of aromatic nitrogens is 1. The largest absolute Gasteiger partial charge is 0.462 e. The van der Waals surface area contributed by atoms with Gasteiger partial charge in [-0.15, -0.1) is 0 Å². The summed E-state index contributed by atoms with van der Waals surface area (Å²) in [6.45, 7) is 7.90. The summed E-state index contributed by atoms with van der Waals surface area (Å²) in [5.41, 5.74) is 0.254. The summed E-state index contributed by atoms with van der Waals surface area (Å²) in [5, 5.41) is 12.1. The molecule has 2 aliphatic rings. The lowest BCUT2D eigenvalue weighted by Crippen LogP contribution is -2.61. The number of allylic oxidation sites excluding steroid dienone is 1. The number of hydroxylamine groups is 2. The highest BCUT2D eigenvalue weighted by atomic mass is 16.5. The van der Waals surface area contributed by atoms with Gasteiger partial charge in [0.1, 0.15) is 6.10 Å². The first-order valence-corrected chi connectivity index (χ1v) is 11.5. The average molecular weight is 448 g/mol. The van der Waals surface area contributed by atoms with Gasteiger partial charge >= 0.3 is 5.97 Å². The van der Waals surface area contributed by atoms with Crippen molar-refractivity contribution in [2.45, 2.75) is 75.5 Å². The fraction of sp³-hybridized carbons (Fsp3) is 0.444. The molecule has 2 atom stereocenters. The fourth-order valence-electron chi connectivity index (χ4n) is 5.55. The van der Waals surface area contributed by atoms with Gasteiger partial charge in [-0.05, 0) is 57.4 Å². The Kier molecular flexibility index (Phi) is 6.25. The van der Waals surface area contributed by atoms with Gasteiger partial charge in [0.2, 0.25) is 0 Å². The summed E-state index contributed by atoms with van der Waals surface area (Å²) in [7, 11) is 0. The Hall–Kier alpha value is -2.83. The van der Waals surface area contributed by atoms with Crippen LogP contribution in [0.15, 0.2) is 72.1 Å². The van der Waals surface area contributed by atoms with Crippen molar-refractivity contribution in [3.8, 4) is 0 Å². The highest BCUT2D eigenvalue weighted by Crippen LogP contribution is 2.46. The Balaban J connectivity index is 1.73. The van der Waals surface area contributed by atoms with Crippen molar-refractivity contribution in [3.05, 3.63) is 78.3 Å². The number of rotatable bonds is 5. The first-order chi connectivity index (χ1) is 15.7. The number of pyridine rings is 1. The monoisotopic (exact) mass is 447 g/mol. The standard InChI is InChI=1S/C27H33N3O3/c1-25(2)18-22(19-26(3,4)30(25)32)33-24(31)23(20-8-6-5-7-9-20)27(12-16-29-17-13-27)21-10-14-28-15-11-21/h5-12,14-17,22-23,32H,13,18-19H2,1-4H3. The summed E-state index contributed by atoms with van der Waals surface area (Å²) in [6.07, 6.45) is 10.5. The number of nitrogens with zero attached hydrogens (tertiary/aromatic N) is 3. The predicted octanol–water partition coefficient (Wildman–Crippen LogP) is 5.05. The van der Waals surface area contributed by atoms with Gasteiger partial charge in [-0.3, -0.25) is 14.8 Å².